The normalized spacial score (nSPS) is 10.5. The summed E-state index contributed by atoms with van der Waals surface area (Å²) in [5.41, 5.74) is 4.67. The fraction of sp³-hybridized carbons (Fsp3) is 0. The highest BCUT2D eigenvalue weighted by Crippen LogP contribution is 2.26. The highest BCUT2D eigenvalue weighted by molar-refractivity contribution is 5.94. The summed E-state index contributed by atoms with van der Waals surface area (Å²) >= 11 is 0. The van der Waals surface area contributed by atoms with Crippen LogP contribution in [0.15, 0.2) is 60.7 Å². The zero-order valence-electron chi connectivity index (χ0n) is 9.80. The van der Waals surface area contributed by atoms with Crippen LogP contribution in [0.4, 0.5) is 5.82 Å². The molecule has 18 heavy (non-hydrogen) atoms. The summed E-state index contributed by atoms with van der Waals surface area (Å²) in [4.78, 5) is 4.55. The molecule has 0 aliphatic heterocycles. The molecule has 0 aliphatic rings. The molecule has 0 radical (unpaired) electrons. The zero-order chi connectivity index (χ0) is 12.4. The van der Waals surface area contributed by atoms with Gasteiger partial charge in [0, 0.05) is 10.9 Å². The lowest BCUT2D eigenvalue weighted by Crippen LogP contribution is -2.09. The number of hydrogen-bond acceptors (Lipinski definition) is 3. The van der Waals surface area contributed by atoms with Crippen molar-refractivity contribution < 1.29 is 0 Å². The monoisotopic (exact) mass is 235 g/mol. The zero-order valence-corrected chi connectivity index (χ0v) is 9.80. The van der Waals surface area contributed by atoms with Gasteiger partial charge in [0.25, 0.3) is 0 Å². The molecule has 0 saturated heterocycles. The summed E-state index contributed by atoms with van der Waals surface area (Å²) in [6.07, 6.45) is 0. The minimum absolute atomic E-state index is 0.701. The van der Waals surface area contributed by atoms with Crippen molar-refractivity contribution in [3.63, 3.8) is 0 Å². The predicted octanol–water partition coefficient (Wildman–Crippen LogP) is 3.19. The molecule has 88 valence electrons. The Kier molecular flexibility index (Phi) is 2.67. The number of nitrogen functional groups attached to an aromatic ring is 1. The van der Waals surface area contributed by atoms with Gasteiger partial charge in [-0.05, 0) is 11.5 Å². The number of hydrazine groups is 1. The van der Waals surface area contributed by atoms with E-state index in [1.807, 2.05) is 48.5 Å². The summed E-state index contributed by atoms with van der Waals surface area (Å²) in [7, 11) is 0. The number of pyridine rings is 1. The number of benzene rings is 2. The highest BCUT2D eigenvalue weighted by atomic mass is 15.2. The van der Waals surface area contributed by atoms with Gasteiger partial charge in [0.05, 0.1) is 5.69 Å². The molecule has 2 aromatic carbocycles. The predicted molar refractivity (Wildman–Crippen MR) is 75.0 cm³/mol. The van der Waals surface area contributed by atoms with Crippen LogP contribution in [-0.2, 0) is 0 Å². The van der Waals surface area contributed by atoms with Crippen LogP contribution in [0.1, 0.15) is 0 Å². The Morgan fingerprint density at radius 1 is 0.889 bits per heavy atom. The number of fused-ring (bicyclic) bond motifs is 1. The van der Waals surface area contributed by atoms with E-state index in [0.717, 1.165) is 22.0 Å². The maximum Gasteiger partial charge on any atom is 0.148 e. The average Bonchev–Trinajstić information content (AvgIpc) is 2.47. The molecule has 3 N–H and O–H groups in total. The quantitative estimate of drug-likeness (QED) is 0.530. The minimum atomic E-state index is 0.701. The molecule has 0 unspecified atom stereocenters. The van der Waals surface area contributed by atoms with Crippen molar-refractivity contribution in [2.24, 2.45) is 5.84 Å². The standard InChI is InChI=1S/C15H13N3/c16-18-15-13-9-5-4-8-12(13)10-14(17-15)11-6-2-1-3-7-11/h1-10H,16H2,(H,17,18). The fourth-order valence-corrected chi connectivity index (χ4v) is 2.07. The third kappa shape index (κ3) is 1.81. The van der Waals surface area contributed by atoms with Gasteiger partial charge in [-0.25, -0.2) is 10.8 Å². The van der Waals surface area contributed by atoms with Gasteiger partial charge in [-0.2, -0.15) is 0 Å². The lowest BCUT2D eigenvalue weighted by atomic mass is 10.1. The van der Waals surface area contributed by atoms with Crippen LogP contribution in [0.5, 0.6) is 0 Å². The smallest absolute Gasteiger partial charge is 0.148 e. The van der Waals surface area contributed by atoms with E-state index in [-0.39, 0.29) is 0 Å². The third-order valence-electron chi connectivity index (χ3n) is 2.95. The number of rotatable bonds is 2. The molecule has 0 amide bonds. The molecule has 1 heterocycles. The topological polar surface area (TPSA) is 50.9 Å². The van der Waals surface area contributed by atoms with Crippen LogP contribution >= 0.6 is 0 Å². The molecule has 0 spiro atoms. The minimum Gasteiger partial charge on any atom is -0.308 e. The first-order chi connectivity index (χ1) is 8.88. The SMILES string of the molecule is NNc1nc(-c2ccccc2)cc2ccccc12. The van der Waals surface area contributed by atoms with Crippen molar-refractivity contribution >= 4 is 16.6 Å². The molecule has 3 heteroatoms. The number of aromatic nitrogens is 1. The van der Waals surface area contributed by atoms with E-state index in [9.17, 15) is 0 Å². The second-order valence-electron chi connectivity index (χ2n) is 4.09. The van der Waals surface area contributed by atoms with Gasteiger partial charge in [-0.3, -0.25) is 0 Å². The summed E-state index contributed by atoms with van der Waals surface area (Å²) in [5.74, 6) is 6.25. The second-order valence-corrected chi connectivity index (χ2v) is 4.09. The molecular weight excluding hydrogens is 222 g/mol. The summed E-state index contributed by atoms with van der Waals surface area (Å²) in [5, 5.41) is 2.15. The molecule has 0 atom stereocenters. The van der Waals surface area contributed by atoms with E-state index in [0.29, 0.717) is 5.82 Å². The van der Waals surface area contributed by atoms with Crippen molar-refractivity contribution in [3.05, 3.63) is 60.7 Å². The number of hydrogen-bond donors (Lipinski definition) is 2. The number of nitrogens with one attached hydrogen (secondary N) is 1. The van der Waals surface area contributed by atoms with E-state index in [2.05, 4.69) is 22.5 Å². The largest absolute Gasteiger partial charge is 0.308 e. The molecule has 3 aromatic rings. The maximum atomic E-state index is 5.55. The van der Waals surface area contributed by atoms with E-state index in [1.165, 1.54) is 0 Å². The molecule has 0 aliphatic carbocycles. The van der Waals surface area contributed by atoms with E-state index >= 15 is 0 Å². The van der Waals surface area contributed by atoms with Gasteiger partial charge >= 0.3 is 0 Å². The Labute approximate surface area is 105 Å². The summed E-state index contributed by atoms with van der Waals surface area (Å²) in [6.45, 7) is 0. The van der Waals surface area contributed by atoms with Gasteiger partial charge in [-0.1, -0.05) is 54.6 Å². The van der Waals surface area contributed by atoms with E-state index in [1.54, 1.807) is 0 Å². The first kappa shape index (κ1) is 10.7. The number of anilines is 1. The van der Waals surface area contributed by atoms with Crippen LogP contribution in [0.3, 0.4) is 0 Å². The van der Waals surface area contributed by atoms with Crippen molar-refractivity contribution in [2.45, 2.75) is 0 Å². The summed E-state index contributed by atoms with van der Waals surface area (Å²) < 4.78 is 0. The van der Waals surface area contributed by atoms with Gasteiger partial charge in [0.15, 0.2) is 0 Å². The van der Waals surface area contributed by atoms with Gasteiger partial charge in [0.2, 0.25) is 0 Å². The number of nitrogens with zero attached hydrogens (tertiary/aromatic N) is 1. The summed E-state index contributed by atoms with van der Waals surface area (Å²) in [6, 6.07) is 20.2. The van der Waals surface area contributed by atoms with E-state index in [4.69, 9.17) is 5.84 Å². The first-order valence-electron chi connectivity index (χ1n) is 5.80. The van der Waals surface area contributed by atoms with Gasteiger partial charge in [0.1, 0.15) is 5.82 Å². The van der Waals surface area contributed by atoms with Crippen molar-refractivity contribution in [1.29, 1.82) is 0 Å². The Bertz CT molecular complexity index is 678. The Balaban J connectivity index is 2.26. The van der Waals surface area contributed by atoms with Gasteiger partial charge in [-0.15, -0.1) is 0 Å². The molecule has 1 aromatic heterocycles. The van der Waals surface area contributed by atoms with E-state index < -0.39 is 0 Å². The third-order valence-corrected chi connectivity index (χ3v) is 2.95. The molecule has 0 saturated carbocycles. The van der Waals surface area contributed by atoms with Crippen molar-refractivity contribution in [3.8, 4) is 11.3 Å². The van der Waals surface area contributed by atoms with Crippen LogP contribution in [-0.4, -0.2) is 4.98 Å². The van der Waals surface area contributed by atoms with Crippen LogP contribution in [0.2, 0.25) is 0 Å². The van der Waals surface area contributed by atoms with Crippen LogP contribution in [0.25, 0.3) is 22.0 Å². The van der Waals surface area contributed by atoms with Crippen molar-refractivity contribution in [2.75, 3.05) is 5.43 Å². The highest BCUT2D eigenvalue weighted by Gasteiger charge is 2.05. The van der Waals surface area contributed by atoms with Crippen LogP contribution in [0, 0.1) is 0 Å². The fourth-order valence-electron chi connectivity index (χ4n) is 2.07. The molecule has 0 bridgehead atoms. The average molecular weight is 235 g/mol. The molecule has 3 rings (SSSR count). The molecule has 0 fully saturated rings. The Morgan fingerprint density at radius 2 is 1.61 bits per heavy atom. The Morgan fingerprint density at radius 3 is 2.39 bits per heavy atom. The Hall–Kier alpha value is -2.39. The molecular formula is C15H13N3. The van der Waals surface area contributed by atoms with Crippen molar-refractivity contribution in [1.82, 2.24) is 4.98 Å². The lowest BCUT2D eigenvalue weighted by Gasteiger charge is -2.08. The maximum absolute atomic E-state index is 5.55. The van der Waals surface area contributed by atoms with Gasteiger partial charge < -0.3 is 5.43 Å². The first-order valence-corrected chi connectivity index (χ1v) is 5.80. The second kappa shape index (κ2) is 4.47. The van der Waals surface area contributed by atoms with Crippen LogP contribution < -0.4 is 11.3 Å². The number of nitrogens with two attached hydrogens (primary N) is 1. The molecule has 3 nitrogen and oxygen atoms in total. The lowest BCUT2D eigenvalue weighted by molar-refractivity contribution is 1.25.